The molecule has 0 aliphatic carbocycles. The lowest BCUT2D eigenvalue weighted by Crippen LogP contribution is -2.39. The van der Waals surface area contributed by atoms with E-state index in [4.69, 9.17) is 18.6 Å². The number of benzene rings is 2. The smallest absolute Gasteiger partial charge is 0.227 e. The zero-order valence-corrected chi connectivity index (χ0v) is 17.3. The van der Waals surface area contributed by atoms with Crippen LogP contribution in [0.25, 0.3) is 11.0 Å². The van der Waals surface area contributed by atoms with Gasteiger partial charge in [0.05, 0.1) is 39.0 Å². The molecule has 6 heteroatoms. The number of ether oxygens (including phenoxy) is 3. The number of hydrogen-bond donors (Lipinski definition) is 0. The summed E-state index contributed by atoms with van der Waals surface area (Å²) in [5.74, 6) is 2.43. The van der Waals surface area contributed by atoms with Gasteiger partial charge in [-0.05, 0) is 48.7 Å². The van der Waals surface area contributed by atoms with E-state index in [2.05, 4.69) is 19.1 Å². The van der Waals surface area contributed by atoms with E-state index in [1.165, 1.54) is 5.56 Å². The van der Waals surface area contributed by atoms with Gasteiger partial charge in [-0.3, -0.25) is 4.79 Å². The van der Waals surface area contributed by atoms with E-state index >= 15 is 0 Å². The van der Waals surface area contributed by atoms with E-state index in [0.717, 1.165) is 52.2 Å². The van der Waals surface area contributed by atoms with Gasteiger partial charge in [-0.2, -0.15) is 0 Å². The molecule has 0 bridgehead atoms. The van der Waals surface area contributed by atoms with Crippen molar-refractivity contribution in [1.82, 2.24) is 4.90 Å². The number of methoxy groups -OCH3 is 1. The van der Waals surface area contributed by atoms with E-state index in [1.54, 1.807) is 13.4 Å². The molecule has 1 amide bonds. The highest BCUT2D eigenvalue weighted by atomic mass is 16.5. The van der Waals surface area contributed by atoms with Crippen LogP contribution in [0.15, 0.2) is 41.0 Å². The number of carbonyl (C=O) groups excluding carboxylic acids is 1. The summed E-state index contributed by atoms with van der Waals surface area (Å²) in [6.45, 7) is 4.10. The number of carbonyl (C=O) groups is 1. The maximum Gasteiger partial charge on any atom is 0.227 e. The molecule has 2 aliphatic heterocycles. The molecule has 0 spiro atoms. The molecule has 0 radical (unpaired) electrons. The van der Waals surface area contributed by atoms with Gasteiger partial charge < -0.3 is 23.5 Å². The second kappa shape index (κ2) is 7.59. The van der Waals surface area contributed by atoms with Crippen LogP contribution in [-0.4, -0.2) is 37.7 Å². The van der Waals surface area contributed by atoms with Crippen LogP contribution in [0.3, 0.4) is 0 Å². The van der Waals surface area contributed by atoms with Crippen LogP contribution in [0.5, 0.6) is 17.2 Å². The van der Waals surface area contributed by atoms with Crippen molar-refractivity contribution in [3.8, 4) is 17.2 Å². The fraction of sp³-hybridized carbons (Fsp3) is 0.375. The minimum Gasteiger partial charge on any atom is -0.497 e. The summed E-state index contributed by atoms with van der Waals surface area (Å²) in [6.07, 6.45) is 3.68. The van der Waals surface area contributed by atoms with Gasteiger partial charge in [-0.25, -0.2) is 0 Å². The van der Waals surface area contributed by atoms with Gasteiger partial charge in [0.1, 0.15) is 11.3 Å². The van der Waals surface area contributed by atoms with Crippen LogP contribution in [0, 0.1) is 0 Å². The minimum absolute atomic E-state index is 0.0170. The first-order chi connectivity index (χ1) is 14.6. The third-order valence-corrected chi connectivity index (χ3v) is 6.07. The highest BCUT2D eigenvalue weighted by Crippen LogP contribution is 2.39. The van der Waals surface area contributed by atoms with Crippen LogP contribution < -0.4 is 14.2 Å². The van der Waals surface area contributed by atoms with E-state index < -0.39 is 0 Å². The largest absolute Gasteiger partial charge is 0.497 e. The molecule has 1 aromatic heterocycles. The van der Waals surface area contributed by atoms with Crippen LogP contribution >= 0.6 is 0 Å². The molecule has 156 valence electrons. The lowest BCUT2D eigenvalue weighted by molar-refractivity contribution is -0.133. The Morgan fingerprint density at radius 2 is 1.97 bits per heavy atom. The van der Waals surface area contributed by atoms with E-state index in [1.807, 2.05) is 23.1 Å². The first kappa shape index (κ1) is 18.9. The molecule has 5 rings (SSSR count). The molecule has 0 saturated heterocycles. The molecule has 0 N–H and O–H groups in total. The molecule has 30 heavy (non-hydrogen) atoms. The van der Waals surface area contributed by atoms with E-state index in [9.17, 15) is 4.79 Å². The number of fused-ring (bicyclic) bond motifs is 3. The van der Waals surface area contributed by atoms with Crippen molar-refractivity contribution in [2.45, 2.75) is 32.2 Å². The van der Waals surface area contributed by atoms with Gasteiger partial charge in [0, 0.05) is 30.0 Å². The third kappa shape index (κ3) is 3.26. The highest BCUT2D eigenvalue weighted by molar-refractivity contribution is 5.88. The SMILES string of the molecule is COc1ccc2c(CC(=O)N3CCc4cc5c(cc4[C@@H]3C)OCCCO5)coc2c1. The summed E-state index contributed by atoms with van der Waals surface area (Å²) < 4.78 is 22.6. The lowest BCUT2D eigenvalue weighted by atomic mass is 9.92. The topological polar surface area (TPSA) is 61.1 Å². The Hall–Kier alpha value is -3.15. The minimum atomic E-state index is -0.0170. The van der Waals surface area contributed by atoms with Crippen molar-refractivity contribution in [3.63, 3.8) is 0 Å². The zero-order valence-electron chi connectivity index (χ0n) is 17.3. The monoisotopic (exact) mass is 407 g/mol. The summed E-state index contributed by atoms with van der Waals surface area (Å²) in [5.41, 5.74) is 4.00. The predicted molar refractivity (Wildman–Crippen MR) is 112 cm³/mol. The molecule has 0 unspecified atom stereocenters. The van der Waals surface area contributed by atoms with Crippen LogP contribution in [0.4, 0.5) is 0 Å². The quantitative estimate of drug-likeness (QED) is 0.648. The molecular formula is C24H25NO5. The number of furan rings is 1. The molecular weight excluding hydrogens is 382 g/mol. The summed E-state index contributed by atoms with van der Waals surface area (Å²) in [5, 5.41) is 0.949. The van der Waals surface area contributed by atoms with Crippen molar-refractivity contribution >= 4 is 16.9 Å². The van der Waals surface area contributed by atoms with E-state index in [-0.39, 0.29) is 11.9 Å². The van der Waals surface area contributed by atoms with Crippen molar-refractivity contribution in [1.29, 1.82) is 0 Å². The Labute approximate surface area is 175 Å². The molecule has 1 atom stereocenters. The average molecular weight is 407 g/mol. The van der Waals surface area contributed by atoms with Crippen LogP contribution in [-0.2, 0) is 17.6 Å². The second-order valence-corrected chi connectivity index (χ2v) is 7.86. The molecule has 0 fully saturated rings. The predicted octanol–water partition coefficient (Wildman–Crippen LogP) is 4.29. The lowest BCUT2D eigenvalue weighted by Gasteiger charge is -2.36. The Bertz CT molecular complexity index is 1100. The standard InChI is InChI=1S/C24H25NO5/c1-15-20-13-23-22(28-8-3-9-29-23)10-16(20)6-7-25(15)24(26)11-17-14-30-21-12-18(27-2)4-5-19(17)21/h4-5,10,12-15H,3,6-9,11H2,1-2H3/t15-/m0/s1. The Morgan fingerprint density at radius 3 is 2.77 bits per heavy atom. The van der Waals surface area contributed by atoms with Crippen molar-refractivity contribution in [2.75, 3.05) is 26.9 Å². The first-order valence-electron chi connectivity index (χ1n) is 10.4. The Morgan fingerprint density at radius 1 is 1.17 bits per heavy atom. The summed E-state index contributed by atoms with van der Waals surface area (Å²) in [6, 6.07) is 9.81. The van der Waals surface area contributed by atoms with Crippen molar-refractivity contribution < 1.29 is 23.4 Å². The molecule has 2 aliphatic rings. The zero-order chi connectivity index (χ0) is 20.7. The van der Waals surface area contributed by atoms with Gasteiger partial charge >= 0.3 is 0 Å². The van der Waals surface area contributed by atoms with Gasteiger partial charge in [0.15, 0.2) is 11.5 Å². The highest BCUT2D eigenvalue weighted by Gasteiger charge is 2.30. The molecule has 6 nitrogen and oxygen atoms in total. The van der Waals surface area contributed by atoms with Gasteiger partial charge in [0.25, 0.3) is 0 Å². The van der Waals surface area contributed by atoms with Crippen LogP contribution in [0.1, 0.15) is 36.1 Å². The first-order valence-corrected chi connectivity index (χ1v) is 10.4. The van der Waals surface area contributed by atoms with Gasteiger partial charge in [0.2, 0.25) is 5.91 Å². The van der Waals surface area contributed by atoms with Crippen LogP contribution in [0.2, 0.25) is 0 Å². The second-order valence-electron chi connectivity index (χ2n) is 7.86. The maximum atomic E-state index is 13.2. The Kier molecular flexibility index (Phi) is 4.77. The molecule has 2 aromatic carbocycles. The molecule has 3 heterocycles. The normalized spacial score (nSPS) is 18.1. The Balaban J connectivity index is 1.38. The third-order valence-electron chi connectivity index (χ3n) is 6.07. The number of nitrogens with zero attached hydrogens (tertiary/aromatic N) is 1. The van der Waals surface area contributed by atoms with Gasteiger partial charge in [-0.1, -0.05) is 0 Å². The number of amides is 1. The molecule has 0 saturated carbocycles. The summed E-state index contributed by atoms with van der Waals surface area (Å²) in [7, 11) is 1.63. The average Bonchev–Trinajstić information content (AvgIpc) is 3.00. The summed E-state index contributed by atoms with van der Waals surface area (Å²) >= 11 is 0. The maximum absolute atomic E-state index is 13.2. The van der Waals surface area contributed by atoms with E-state index in [0.29, 0.717) is 26.2 Å². The molecule has 3 aromatic rings. The fourth-order valence-corrected chi connectivity index (χ4v) is 4.41. The van der Waals surface area contributed by atoms with Crippen molar-refractivity contribution in [2.24, 2.45) is 0 Å². The number of rotatable bonds is 3. The van der Waals surface area contributed by atoms with Crippen molar-refractivity contribution in [3.05, 3.63) is 53.3 Å². The number of hydrogen-bond acceptors (Lipinski definition) is 5. The summed E-state index contributed by atoms with van der Waals surface area (Å²) in [4.78, 5) is 15.2. The van der Waals surface area contributed by atoms with Gasteiger partial charge in [-0.15, -0.1) is 0 Å². The fourth-order valence-electron chi connectivity index (χ4n) is 4.41.